The van der Waals surface area contributed by atoms with Crippen molar-refractivity contribution in [2.45, 2.75) is 45.6 Å². The summed E-state index contributed by atoms with van der Waals surface area (Å²) in [5, 5.41) is 0. The summed E-state index contributed by atoms with van der Waals surface area (Å²) in [5.74, 6) is 0.256. The summed E-state index contributed by atoms with van der Waals surface area (Å²) in [7, 11) is -2.28. The van der Waals surface area contributed by atoms with Crippen molar-refractivity contribution in [2.24, 2.45) is 11.8 Å². The third-order valence-electron chi connectivity index (χ3n) is 4.38. The van der Waals surface area contributed by atoms with Crippen LogP contribution in [0.1, 0.15) is 39.5 Å². The molecule has 0 aromatic heterocycles. The Morgan fingerprint density at radius 3 is 2.33 bits per heavy atom. The SMILES string of the molecule is COC(=O)C1CCCCN1S(=O)(=O)N1CC(C)CC(C)C1. The molecule has 2 rings (SSSR count). The molecule has 0 spiro atoms. The van der Waals surface area contributed by atoms with Crippen LogP contribution in [0.15, 0.2) is 0 Å². The van der Waals surface area contributed by atoms with Gasteiger partial charge in [0.2, 0.25) is 0 Å². The van der Waals surface area contributed by atoms with Gasteiger partial charge < -0.3 is 4.74 Å². The smallest absolute Gasteiger partial charge is 0.324 e. The van der Waals surface area contributed by atoms with Crippen molar-refractivity contribution in [3.63, 3.8) is 0 Å². The van der Waals surface area contributed by atoms with Gasteiger partial charge in [-0.2, -0.15) is 17.0 Å². The monoisotopic (exact) mass is 318 g/mol. The molecule has 6 nitrogen and oxygen atoms in total. The van der Waals surface area contributed by atoms with Gasteiger partial charge >= 0.3 is 5.97 Å². The highest BCUT2D eigenvalue weighted by Crippen LogP contribution is 2.28. The van der Waals surface area contributed by atoms with Crippen LogP contribution in [-0.4, -0.2) is 55.8 Å². The Bertz CT molecular complexity index is 469. The van der Waals surface area contributed by atoms with E-state index in [1.165, 1.54) is 11.4 Å². The van der Waals surface area contributed by atoms with Gasteiger partial charge in [0.05, 0.1) is 7.11 Å². The Hall–Kier alpha value is -0.660. The molecule has 2 fully saturated rings. The fourth-order valence-electron chi connectivity index (χ4n) is 3.50. The predicted molar refractivity (Wildman–Crippen MR) is 79.8 cm³/mol. The van der Waals surface area contributed by atoms with Gasteiger partial charge in [0.25, 0.3) is 10.2 Å². The first kappa shape index (κ1) is 16.7. The average molecular weight is 318 g/mol. The van der Waals surface area contributed by atoms with E-state index in [1.807, 2.05) is 0 Å². The molecule has 21 heavy (non-hydrogen) atoms. The molecule has 2 saturated heterocycles. The van der Waals surface area contributed by atoms with Crippen LogP contribution in [0.5, 0.6) is 0 Å². The highest BCUT2D eigenvalue weighted by Gasteiger charge is 2.42. The fourth-order valence-corrected chi connectivity index (χ4v) is 5.55. The van der Waals surface area contributed by atoms with E-state index < -0.39 is 22.2 Å². The number of rotatable bonds is 3. The van der Waals surface area contributed by atoms with E-state index in [9.17, 15) is 13.2 Å². The van der Waals surface area contributed by atoms with E-state index in [0.717, 1.165) is 19.3 Å². The van der Waals surface area contributed by atoms with Crippen LogP contribution in [0.2, 0.25) is 0 Å². The lowest BCUT2D eigenvalue weighted by Crippen LogP contribution is -2.56. The number of carbonyl (C=O) groups excluding carboxylic acids is 1. The minimum Gasteiger partial charge on any atom is -0.468 e. The summed E-state index contributed by atoms with van der Waals surface area (Å²) in [6.45, 7) is 5.63. The maximum atomic E-state index is 12.9. The molecule has 0 bridgehead atoms. The zero-order valence-electron chi connectivity index (χ0n) is 13.1. The Kier molecular flexibility index (Phi) is 5.27. The van der Waals surface area contributed by atoms with Gasteiger partial charge in [0.15, 0.2) is 0 Å². The molecule has 122 valence electrons. The van der Waals surface area contributed by atoms with Crippen LogP contribution in [0.4, 0.5) is 0 Å². The second-order valence-corrected chi connectivity index (χ2v) is 8.30. The molecule has 2 aliphatic heterocycles. The van der Waals surface area contributed by atoms with Crippen molar-refractivity contribution in [3.05, 3.63) is 0 Å². The zero-order chi connectivity index (χ0) is 15.6. The number of ether oxygens (including phenoxy) is 1. The summed E-state index contributed by atoms with van der Waals surface area (Å²) >= 11 is 0. The largest absolute Gasteiger partial charge is 0.468 e. The third kappa shape index (κ3) is 3.57. The Morgan fingerprint density at radius 1 is 1.14 bits per heavy atom. The van der Waals surface area contributed by atoms with E-state index in [-0.39, 0.29) is 0 Å². The van der Waals surface area contributed by atoms with Crippen molar-refractivity contribution < 1.29 is 17.9 Å². The van der Waals surface area contributed by atoms with E-state index in [1.54, 1.807) is 4.31 Å². The minimum atomic E-state index is -3.59. The second kappa shape index (κ2) is 6.62. The molecule has 0 radical (unpaired) electrons. The highest BCUT2D eigenvalue weighted by molar-refractivity contribution is 7.86. The van der Waals surface area contributed by atoms with Gasteiger partial charge in [-0.1, -0.05) is 13.8 Å². The maximum Gasteiger partial charge on any atom is 0.324 e. The first-order chi connectivity index (χ1) is 9.86. The molecule has 0 saturated carbocycles. The standard InChI is InChI=1S/C14H26N2O4S/c1-11-8-12(2)10-15(9-11)21(18,19)16-7-5-4-6-13(16)14(17)20-3/h11-13H,4-10H2,1-3H3. The van der Waals surface area contributed by atoms with Crippen molar-refractivity contribution in [2.75, 3.05) is 26.7 Å². The summed E-state index contributed by atoms with van der Waals surface area (Å²) < 4.78 is 33.5. The van der Waals surface area contributed by atoms with Crippen LogP contribution in [0.3, 0.4) is 0 Å². The zero-order valence-corrected chi connectivity index (χ0v) is 13.9. The van der Waals surface area contributed by atoms with Crippen LogP contribution < -0.4 is 0 Å². The highest BCUT2D eigenvalue weighted by atomic mass is 32.2. The molecule has 0 N–H and O–H groups in total. The van der Waals surface area contributed by atoms with E-state index >= 15 is 0 Å². The summed E-state index contributed by atoms with van der Waals surface area (Å²) in [6.07, 6.45) is 3.25. The first-order valence-corrected chi connectivity index (χ1v) is 9.10. The van der Waals surface area contributed by atoms with E-state index in [0.29, 0.717) is 37.9 Å². The Morgan fingerprint density at radius 2 is 1.76 bits per heavy atom. The lowest BCUT2D eigenvalue weighted by molar-refractivity contribution is -0.146. The third-order valence-corrected chi connectivity index (χ3v) is 6.37. The predicted octanol–water partition coefficient (Wildman–Crippen LogP) is 1.24. The van der Waals surface area contributed by atoms with Gasteiger partial charge in [-0.15, -0.1) is 0 Å². The number of nitrogens with zero attached hydrogens (tertiary/aromatic N) is 2. The van der Waals surface area contributed by atoms with Crippen LogP contribution in [0, 0.1) is 11.8 Å². The summed E-state index contributed by atoms with van der Waals surface area (Å²) in [5.41, 5.74) is 0. The normalized spacial score (nSPS) is 32.8. The lowest BCUT2D eigenvalue weighted by atomic mass is 9.94. The summed E-state index contributed by atoms with van der Waals surface area (Å²) in [6, 6.07) is -0.665. The lowest BCUT2D eigenvalue weighted by Gasteiger charge is -2.40. The van der Waals surface area contributed by atoms with Crippen molar-refractivity contribution in [1.29, 1.82) is 0 Å². The number of carbonyl (C=O) groups is 1. The summed E-state index contributed by atoms with van der Waals surface area (Å²) in [4.78, 5) is 11.9. The van der Waals surface area contributed by atoms with Gasteiger partial charge in [0, 0.05) is 19.6 Å². The fraction of sp³-hybridized carbons (Fsp3) is 0.929. The van der Waals surface area contributed by atoms with Gasteiger partial charge in [-0.3, -0.25) is 4.79 Å². The van der Waals surface area contributed by atoms with Crippen molar-refractivity contribution in [3.8, 4) is 0 Å². The molecular formula is C14H26N2O4S. The van der Waals surface area contributed by atoms with Crippen LogP contribution >= 0.6 is 0 Å². The van der Waals surface area contributed by atoms with E-state index in [4.69, 9.17) is 4.74 Å². The molecule has 3 unspecified atom stereocenters. The molecule has 7 heteroatoms. The molecule has 3 atom stereocenters. The molecule has 0 aromatic carbocycles. The van der Waals surface area contributed by atoms with E-state index in [2.05, 4.69) is 13.8 Å². The van der Waals surface area contributed by atoms with Crippen LogP contribution in [-0.2, 0) is 19.7 Å². The maximum absolute atomic E-state index is 12.9. The second-order valence-electron chi connectivity index (χ2n) is 6.42. The Labute approximate surface area is 127 Å². The molecule has 0 aliphatic carbocycles. The number of piperidine rings is 2. The first-order valence-electron chi connectivity index (χ1n) is 7.71. The molecule has 2 aliphatic rings. The number of methoxy groups -OCH3 is 1. The van der Waals surface area contributed by atoms with Gasteiger partial charge in [0.1, 0.15) is 6.04 Å². The van der Waals surface area contributed by atoms with Crippen LogP contribution in [0.25, 0.3) is 0 Å². The molecule has 0 aromatic rings. The van der Waals surface area contributed by atoms with Crippen molar-refractivity contribution in [1.82, 2.24) is 8.61 Å². The average Bonchev–Trinajstić information content (AvgIpc) is 2.45. The number of hydrogen-bond donors (Lipinski definition) is 0. The molecular weight excluding hydrogens is 292 g/mol. The van der Waals surface area contributed by atoms with Crippen molar-refractivity contribution >= 4 is 16.2 Å². The molecule has 2 heterocycles. The van der Waals surface area contributed by atoms with Gasteiger partial charge in [-0.25, -0.2) is 0 Å². The quantitative estimate of drug-likeness (QED) is 0.734. The number of hydrogen-bond acceptors (Lipinski definition) is 4. The topological polar surface area (TPSA) is 66.9 Å². The Balaban J connectivity index is 2.21. The van der Waals surface area contributed by atoms with Gasteiger partial charge in [-0.05, 0) is 37.5 Å². The molecule has 0 amide bonds. The minimum absolute atomic E-state index is 0.352. The number of esters is 1.